The molecule has 0 spiro atoms. The number of anilines is 2. The highest BCUT2D eigenvalue weighted by Gasteiger charge is 1.99. The number of para-hydroxylation sites is 2. The fourth-order valence-electron chi connectivity index (χ4n) is 1.37. The molecule has 2 rings (SSSR count). The van der Waals surface area contributed by atoms with Crippen LogP contribution in [0.4, 0.5) is 11.4 Å². The number of hydrogen-bond acceptors (Lipinski definition) is 4. The Balaban J connectivity index is 2.04. The van der Waals surface area contributed by atoms with Crippen LogP contribution < -0.4 is 10.6 Å². The average molecular weight is 219 g/mol. The van der Waals surface area contributed by atoms with E-state index in [1.165, 1.54) is 0 Å². The van der Waals surface area contributed by atoms with Gasteiger partial charge in [-0.2, -0.15) is 0 Å². The molecule has 0 saturated heterocycles. The largest absolute Gasteiger partial charge is 0.386 e. The molecule has 2 N–H and O–H groups in total. The number of nitrogens with one attached hydrogen (secondary N) is 2. The van der Waals surface area contributed by atoms with E-state index < -0.39 is 0 Å². The predicted molar refractivity (Wildman–Crippen MR) is 65.4 cm³/mol. The van der Waals surface area contributed by atoms with Gasteiger partial charge in [-0.25, -0.2) is 4.98 Å². The predicted octanol–water partition coefficient (Wildman–Crippen LogP) is 2.80. The molecule has 0 saturated carbocycles. The fourth-order valence-corrected chi connectivity index (χ4v) is 1.92. The molecule has 0 amide bonds. The van der Waals surface area contributed by atoms with Gasteiger partial charge in [-0.1, -0.05) is 12.1 Å². The van der Waals surface area contributed by atoms with Crippen LogP contribution >= 0.6 is 11.3 Å². The summed E-state index contributed by atoms with van der Waals surface area (Å²) in [5.74, 6) is 0. The molecule has 0 fully saturated rings. The molecule has 1 heterocycles. The normalized spacial score (nSPS) is 9.93. The maximum absolute atomic E-state index is 4.22. The summed E-state index contributed by atoms with van der Waals surface area (Å²) in [6.07, 6.45) is 0. The van der Waals surface area contributed by atoms with Crippen molar-refractivity contribution in [2.75, 3.05) is 17.7 Å². The van der Waals surface area contributed by atoms with Gasteiger partial charge < -0.3 is 10.6 Å². The Labute approximate surface area is 93.2 Å². The Kier molecular flexibility index (Phi) is 3.19. The molecule has 78 valence electrons. The van der Waals surface area contributed by atoms with E-state index in [2.05, 4.69) is 27.1 Å². The van der Waals surface area contributed by atoms with E-state index in [4.69, 9.17) is 0 Å². The van der Waals surface area contributed by atoms with Crippen LogP contribution in [0.2, 0.25) is 0 Å². The highest BCUT2D eigenvalue weighted by atomic mass is 32.1. The number of aromatic nitrogens is 1. The first-order valence-corrected chi connectivity index (χ1v) is 5.72. The Morgan fingerprint density at radius 2 is 2.07 bits per heavy atom. The third kappa shape index (κ3) is 2.47. The Hall–Kier alpha value is -1.55. The van der Waals surface area contributed by atoms with Crippen LogP contribution in [0.3, 0.4) is 0 Å². The van der Waals surface area contributed by atoms with Crippen molar-refractivity contribution in [1.82, 2.24) is 4.98 Å². The minimum Gasteiger partial charge on any atom is -0.386 e. The molecule has 0 atom stereocenters. The van der Waals surface area contributed by atoms with E-state index >= 15 is 0 Å². The van der Waals surface area contributed by atoms with Crippen molar-refractivity contribution >= 4 is 22.7 Å². The first-order valence-electron chi connectivity index (χ1n) is 4.78. The third-order valence-electron chi connectivity index (χ3n) is 2.14. The Bertz CT molecular complexity index is 412. The molecular weight excluding hydrogens is 206 g/mol. The van der Waals surface area contributed by atoms with Crippen LogP contribution in [0.1, 0.15) is 5.69 Å². The molecule has 0 radical (unpaired) electrons. The molecule has 2 aromatic rings. The lowest BCUT2D eigenvalue weighted by atomic mass is 10.2. The third-order valence-corrected chi connectivity index (χ3v) is 2.78. The highest BCUT2D eigenvalue weighted by molar-refractivity contribution is 7.07. The maximum Gasteiger partial charge on any atom is 0.0795 e. The molecule has 0 aliphatic carbocycles. The summed E-state index contributed by atoms with van der Waals surface area (Å²) in [7, 11) is 1.92. The van der Waals surface area contributed by atoms with Crippen LogP contribution in [0.15, 0.2) is 35.2 Å². The lowest BCUT2D eigenvalue weighted by Crippen LogP contribution is -2.02. The van der Waals surface area contributed by atoms with Crippen LogP contribution in [0.25, 0.3) is 0 Å². The van der Waals surface area contributed by atoms with Gasteiger partial charge in [0, 0.05) is 12.4 Å². The van der Waals surface area contributed by atoms with Crippen molar-refractivity contribution in [1.29, 1.82) is 0 Å². The molecular formula is C11H13N3S. The van der Waals surface area contributed by atoms with Crippen molar-refractivity contribution in [3.63, 3.8) is 0 Å². The SMILES string of the molecule is CNc1ccccc1NCc1cscn1. The van der Waals surface area contributed by atoms with Gasteiger partial charge in [0.05, 0.1) is 29.1 Å². The van der Waals surface area contributed by atoms with Crippen molar-refractivity contribution in [3.8, 4) is 0 Å². The topological polar surface area (TPSA) is 37.0 Å². The first kappa shape index (κ1) is 9.98. The molecule has 0 aliphatic heterocycles. The zero-order valence-corrected chi connectivity index (χ0v) is 9.34. The number of thiazole rings is 1. The zero-order valence-electron chi connectivity index (χ0n) is 8.53. The minimum atomic E-state index is 0.766. The van der Waals surface area contributed by atoms with Crippen molar-refractivity contribution in [2.45, 2.75) is 6.54 Å². The van der Waals surface area contributed by atoms with E-state index in [1.807, 2.05) is 30.8 Å². The van der Waals surface area contributed by atoms with Gasteiger partial charge in [0.15, 0.2) is 0 Å². The number of rotatable bonds is 4. The smallest absolute Gasteiger partial charge is 0.0795 e. The second-order valence-corrected chi connectivity index (χ2v) is 3.85. The van der Waals surface area contributed by atoms with E-state index in [0.29, 0.717) is 0 Å². The molecule has 4 heteroatoms. The summed E-state index contributed by atoms with van der Waals surface area (Å²) in [6, 6.07) is 8.13. The molecule has 15 heavy (non-hydrogen) atoms. The zero-order chi connectivity index (χ0) is 10.5. The summed E-state index contributed by atoms with van der Waals surface area (Å²) >= 11 is 1.62. The molecule has 0 aliphatic rings. The van der Waals surface area contributed by atoms with E-state index in [9.17, 15) is 0 Å². The van der Waals surface area contributed by atoms with Gasteiger partial charge in [0.1, 0.15) is 0 Å². The van der Waals surface area contributed by atoms with E-state index in [0.717, 1.165) is 23.6 Å². The maximum atomic E-state index is 4.22. The molecule has 1 aromatic heterocycles. The minimum absolute atomic E-state index is 0.766. The second-order valence-electron chi connectivity index (χ2n) is 3.13. The molecule has 0 bridgehead atoms. The highest BCUT2D eigenvalue weighted by Crippen LogP contribution is 2.20. The van der Waals surface area contributed by atoms with Crippen molar-refractivity contribution in [2.24, 2.45) is 0 Å². The number of nitrogens with zero attached hydrogens (tertiary/aromatic N) is 1. The fraction of sp³-hybridized carbons (Fsp3) is 0.182. The van der Waals surface area contributed by atoms with Gasteiger partial charge in [-0.15, -0.1) is 11.3 Å². The number of benzene rings is 1. The lowest BCUT2D eigenvalue weighted by molar-refractivity contribution is 1.07. The summed E-state index contributed by atoms with van der Waals surface area (Å²) in [5, 5.41) is 8.54. The van der Waals surface area contributed by atoms with E-state index in [1.54, 1.807) is 11.3 Å². The quantitative estimate of drug-likeness (QED) is 0.830. The van der Waals surface area contributed by atoms with Crippen LogP contribution in [0, 0.1) is 0 Å². The molecule has 1 aromatic carbocycles. The summed E-state index contributed by atoms with van der Waals surface area (Å²) in [6.45, 7) is 0.766. The number of hydrogen-bond donors (Lipinski definition) is 2. The van der Waals surface area contributed by atoms with Crippen molar-refractivity contribution in [3.05, 3.63) is 40.8 Å². The van der Waals surface area contributed by atoms with Gasteiger partial charge in [-0.3, -0.25) is 0 Å². The summed E-state index contributed by atoms with van der Waals surface area (Å²) in [5.41, 5.74) is 5.13. The Morgan fingerprint density at radius 3 is 2.73 bits per heavy atom. The summed E-state index contributed by atoms with van der Waals surface area (Å²) in [4.78, 5) is 4.22. The molecule has 3 nitrogen and oxygen atoms in total. The van der Waals surface area contributed by atoms with Gasteiger partial charge in [0.2, 0.25) is 0 Å². The average Bonchev–Trinajstić information content (AvgIpc) is 2.79. The van der Waals surface area contributed by atoms with Crippen molar-refractivity contribution < 1.29 is 0 Å². The van der Waals surface area contributed by atoms with Crippen LogP contribution in [-0.2, 0) is 6.54 Å². The van der Waals surface area contributed by atoms with Gasteiger partial charge >= 0.3 is 0 Å². The Morgan fingerprint density at radius 1 is 1.27 bits per heavy atom. The monoisotopic (exact) mass is 219 g/mol. The van der Waals surface area contributed by atoms with Gasteiger partial charge in [-0.05, 0) is 12.1 Å². The second kappa shape index (κ2) is 4.79. The van der Waals surface area contributed by atoms with E-state index in [-0.39, 0.29) is 0 Å². The van der Waals surface area contributed by atoms with Crippen LogP contribution in [0.5, 0.6) is 0 Å². The van der Waals surface area contributed by atoms with Crippen LogP contribution in [-0.4, -0.2) is 12.0 Å². The van der Waals surface area contributed by atoms with Gasteiger partial charge in [0.25, 0.3) is 0 Å². The molecule has 0 unspecified atom stereocenters. The summed E-state index contributed by atoms with van der Waals surface area (Å²) < 4.78 is 0. The lowest BCUT2D eigenvalue weighted by Gasteiger charge is -2.10. The first-order chi connectivity index (χ1) is 7.40. The standard InChI is InChI=1S/C11H13N3S/c1-12-10-4-2-3-5-11(10)13-6-9-7-15-8-14-9/h2-5,7-8,12-13H,6H2,1H3.